The molecule has 0 aromatic rings. The molecular formula is C11H25N. The Morgan fingerprint density at radius 2 is 1.67 bits per heavy atom. The second kappa shape index (κ2) is 5.58. The van der Waals surface area contributed by atoms with Crippen LogP contribution < -0.4 is 5.73 Å². The quantitative estimate of drug-likeness (QED) is 0.652. The third-order valence-corrected chi connectivity index (χ3v) is 3.19. The van der Waals surface area contributed by atoms with Crippen molar-refractivity contribution in [2.24, 2.45) is 17.1 Å². The summed E-state index contributed by atoms with van der Waals surface area (Å²) in [5.41, 5.74) is 6.25. The Hall–Kier alpha value is -0.0400. The van der Waals surface area contributed by atoms with Crippen molar-refractivity contribution >= 4 is 0 Å². The van der Waals surface area contributed by atoms with Gasteiger partial charge in [0.2, 0.25) is 0 Å². The summed E-state index contributed by atoms with van der Waals surface area (Å²) < 4.78 is 0. The molecule has 1 heteroatoms. The summed E-state index contributed by atoms with van der Waals surface area (Å²) in [6.07, 6.45) is 5.08. The summed E-state index contributed by atoms with van der Waals surface area (Å²) in [6.45, 7) is 9.94. The molecule has 0 saturated heterocycles. The first-order chi connectivity index (χ1) is 5.60. The van der Waals surface area contributed by atoms with Gasteiger partial charge in [-0.15, -0.1) is 0 Å². The Kier molecular flexibility index (Phi) is 5.56. The fourth-order valence-electron chi connectivity index (χ4n) is 1.59. The number of rotatable bonds is 6. The van der Waals surface area contributed by atoms with Gasteiger partial charge in [0, 0.05) is 0 Å². The fraction of sp³-hybridized carbons (Fsp3) is 1.00. The molecule has 0 radical (unpaired) electrons. The molecule has 0 aliphatic carbocycles. The van der Waals surface area contributed by atoms with Crippen LogP contribution in [0, 0.1) is 11.3 Å². The van der Waals surface area contributed by atoms with Crippen molar-refractivity contribution in [1.29, 1.82) is 0 Å². The predicted molar refractivity (Wildman–Crippen MR) is 56.1 cm³/mol. The van der Waals surface area contributed by atoms with Crippen molar-refractivity contribution in [1.82, 2.24) is 0 Å². The van der Waals surface area contributed by atoms with Gasteiger partial charge in [0.25, 0.3) is 0 Å². The highest BCUT2D eigenvalue weighted by molar-refractivity contribution is 4.77. The first-order valence-electron chi connectivity index (χ1n) is 5.30. The minimum atomic E-state index is 0.435. The monoisotopic (exact) mass is 171 g/mol. The average molecular weight is 171 g/mol. The van der Waals surface area contributed by atoms with Gasteiger partial charge in [-0.05, 0) is 37.1 Å². The van der Waals surface area contributed by atoms with E-state index in [2.05, 4.69) is 27.7 Å². The first kappa shape index (κ1) is 12.0. The van der Waals surface area contributed by atoms with E-state index in [1.54, 1.807) is 0 Å². The van der Waals surface area contributed by atoms with Crippen molar-refractivity contribution in [3.05, 3.63) is 0 Å². The van der Waals surface area contributed by atoms with E-state index >= 15 is 0 Å². The molecule has 74 valence electrons. The molecule has 1 nitrogen and oxygen atoms in total. The molecule has 0 aromatic carbocycles. The summed E-state index contributed by atoms with van der Waals surface area (Å²) >= 11 is 0. The molecule has 2 N–H and O–H groups in total. The maximum absolute atomic E-state index is 5.82. The molecule has 0 heterocycles. The van der Waals surface area contributed by atoms with Crippen molar-refractivity contribution < 1.29 is 0 Å². The Morgan fingerprint density at radius 3 is 1.92 bits per heavy atom. The Morgan fingerprint density at radius 1 is 1.17 bits per heavy atom. The third-order valence-electron chi connectivity index (χ3n) is 3.19. The molecule has 0 saturated carbocycles. The number of hydrogen-bond donors (Lipinski definition) is 1. The van der Waals surface area contributed by atoms with Crippen molar-refractivity contribution in [2.75, 3.05) is 6.54 Å². The molecule has 0 aliphatic heterocycles. The minimum Gasteiger partial charge on any atom is -0.330 e. The molecule has 0 spiro atoms. The largest absolute Gasteiger partial charge is 0.330 e. The molecule has 0 amide bonds. The Labute approximate surface area is 77.7 Å². The van der Waals surface area contributed by atoms with Gasteiger partial charge in [-0.25, -0.2) is 0 Å². The first-order valence-corrected chi connectivity index (χ1v) is 5.30. The van der Waals surface area contributed by atoms with Crippen LogP contribution in [-0.2, 0) is 0 Å². The van der Waals surface area contributed by atoms with E-state index < -0.39 is 0 Å². The summed E-state index contributed by atoms with van der Waals surface area (Å²) in [7, 11) is 0. The maximum atomic E-state index is 5.82. The zero-order chi connectivity index (χ0) is 9.61. The second-order valence-electron chi connectivity index (χ2n) is 4.34. The summed E-state index contributed by atoms with van der Waals surface area (Å²) in [5, 5.41) is 0. The standard InChI is InChI=1S/C11H25N/c1-5-11(6-2,9-12)8-7-10(3)4/h10H,5-9,12H2,1-4H3. The second-order valence-corrected chi connectivity index (χ2v) is 4.34. The Bertz CT molecular complexity index is 95.3. The fourth-order valence-corrected chi connectivity index (χ4v) is 1.59. The van der Waals surface area contributed by atoms with Gasteiger partial charge in [-0.3, -0.25) is 0 Å². The molecule has 0 unspecified atom stereocenters. The van der Waals surface area contributed by atoms with Gasteiger partial charge in [-0.1, -0.05) is 34.1 Å². The van der Waals surface area contributed by atoms with Gasteiger partial charge >= 0.3 is 0 Å². The van der Waals surface area contributed by atoms with Crippen LogP contribution in [0.15, 0.2) is 0 Å². The van der Waals surface area contributed by atoms with E-state index in [1.165, 1.54) is 25.7 Å². The highest BCUT2D eigenvalue weighted by Gasteiger charge is 2.23. The highest BCUT2D eigenvalue weighted by atomic mass is 14.6. The van der Waals surface area contributed by atoms with Crippen LogP contribution in [0.5, 0.6) is 0 Å². The number of nitrogens with two attached hydrogens (primary N) is 1. The zero-order valence-electron chi connectivity index (χ0n) is 9.19. The zero-order valence-corrected chi connectivity index (χ0v) is 9.19. The molecule has 0 fully saturated rings. The van der Waals surface area contributed by atoms with Crippen LogP contribution in [0.4, 0.5) is 0 Å². The van der Waals surface area contributed by atoms with Crippen LogP contribution in [0.2, 0.25) is 0 Å². The topological polar surface area (TPSA) is 26.0 Å². The van der Waals surface area contributed by atoms with E-state index in [9.17, 15) is 0 Å². The molecule has 12 heavy (non-hydrogen) atoms. The molecule has 0 bridgehead atoms. The van der Waals surface area contributed by atoms with Crippen molar-refractivity contribution in [2.45, 2.75) is 53.4 Å². The third kappa shape index (κ3) is 3.57. The molecule has 0 rings (SSSR count). The molecular weight excluding hydrogens is 146 g/mol. The van der Waals surface area contributed by atoms with Crippen LogP contribution in [-0.4, -0.2) is 6.54 Å². The van der Waals surface area contributed by atoms with Crippen LogP contribution in [0.25, 0.3) is 0 Å². The van der Waals surface area contributed by atoms with E-state index in [-0.39, 0.29) is 0 Å². The lowest BCUT2D eigenvalue weighted by molar-refractivity contribution is 0.231. The van der Waals surface area contributed by atoms with Crippen LogP contribution >= 0.6 is 0 Å². The summed E-state index contributed by atoms with van der Waals surface area (Å²) in [4.78, 5) is 0. The van der Waals surface area contributed by atoms with E-state index in [0.29, 0.717) is 5.41 Å². The van der Waals surface area contributed by atoms with Crippen LogP contribution in [0.1, 0.15) is 53.4 Å². The van der Waals surface area contributed by atoms with Gasteiger partial charge < -0.3 is 5.73 Å². The normalized spacial score (nSPS) is 12.5. The summed E-state index contributed by atoms with van der Waals surface area (Å²) in [6, 6.07) is 0. The Balaban J connectivity index is 3.93. The van der Waals surface area contributed by atoms with Gasteiger partial charge in [-0.2, -0.15) is 0 Å². The summed E-state index contributed by atoms with van der Waals surface area (Å²) in [5.74, 6) is 0.814. The predicted octanol–water partition coefficient (Wildman–Crippen LogP) is 3.19. The van der Waals surface area contributed by atoms with Gasteiger partial charge in [0.05, 0.1) is 0 Å². The highest BCUT2D eigenvalue weighted by Crippen LogP contribution is 2.31. The van der Waals surface area contributed by atoms with E-state index in [4.69, 9.17) is 5.73 Å². The lowest BCUT2D eigenvalue weighted by atomic mass is 9.77. The smallest absolute Gasteiger partial charge is 0.00207 e. The molecule has 0 aromatic heterocycles. The van der Waals surface area contributed by atoms with E-state index in [1.807, 2.05) is 0 Å². The van der Waals surface area contributed by atoms with Gasteiger partial charge in [0.1, 0.15) is 0 Å². The lowest BCUT2D eigenvalue weighted by Crippen LogP contribution is -2.29. The molecule has 0 aliphatic rings. The maximum Gasteiger partial charge on any atom is -0.00207 e. The van der Waals surface area contributed by atoms with Crippen LogP contribution in [0.3, 0.4) is 0 Å². The average Bonchev–Trinajstić information content (AvgIpc) is 2.08. The number of hydrogen-bond acceptors (Lipinski definition) is 1. The van der Waals surface area contributed by atoms with Gasteiger partial charge in [0.15, 0.2) is 0 Å². The molecule has 0 atom stereocenters. The minimum absolute atomic E-state index is 0.435. The lowest BCUT2D eigenvalue weighted by Gasteiger charge is -2.30. The van der Waals surface area contributed by atoms with E-state index in [0.717, 1.165) is 12.5 Å². The van der Waals surface area contributed by atoms with Crippen molar-refractivity contribution in [3.63, 3.8) is 0 Å². The SMILES string of the molecule is CCC(CC)(CN)CCC(C)C. The van der Waals surface area contributed by atoms with Crippen molar-refractivity contribution in [3.8, 4) is 0 Å².